The molecule has 0 saturated heterocycles. The minimum Gasteiger partial charge on any atom is -0.327 e. The van der Waals surface area contributed by atoms with Crippen molar-refractivity contribution >= 4 is 23.0 Å². The number of carbonyl (C=O) groups excluding carboxylic acids is 1. The smallest absolute Gasteiger partial charge is 0.327 e. The van der Waals surface area contributed by atoms with E-state index < -0.39 is 23.2 Å². The third-order valence-corrected chi connectivity index (χ3v) is 6.02. The summed E-state index contributed by atoms with van der Waals surface area (Å²) in [7, 11) is 0. The van der Waals surface area contributed by atoms with Gasteiger partial charge in [0.1, 0.15) is 5.84 Å². The zero-order valence-electron chi connectivity index (χ0n) is 23.1. The number of benzene rings is 2. The van der Waals surface area contributed by atoms with Crippen LogP contribution in [-0.2, 0) is 6.18 Å². The molecule has 2 aromatic carbocycles. The van der Waals surface area contributed by atoms with Crippen LogP contribution in [-0.4, -0.2) is 27.4 Å². The Kier molecular flexibility index (Phi) is 9.32. The van der Waals surface area contributed by atoms with Gasteiger partial charge in [-0.3, -0.25) is 14.9 Å². The van der Waals surface area contributed by atoms with Crippen LogP contribution in [0, 0.1) is 5.92 Å². The second-order valence-electron chi connectivity index (χ2n) is 10.3. The molecule has 1 atom stereocenters. The van der Waals surface area contributed by atoms with Crippen LogP contribution in [0.2, 0.25) is 0 Å². The molecule has 0 bridgehead atoms. The molecule has 3 rings (SSSR count). The van der Waals surface area contributed by atoms with Crippen molar-refractivity contribution < 1.29 is 18.0 Å². The maximum atomic E-state index is 13.4. The highest BCUT2D eigenvalue weighted by atomic mass is 19.4. The Labute approximate surface area is 228 Å². The Morgan fingerprint density at radius 3 is 2.36 bits per heavy atom. The van der Waals surface area contributed by atoms with Crippen molar-refractivity contribution in [3.63, 3.8) is 0 Å². The molecule has 2 N–H and O–H groups in total. The largest absolute Gasteiger partial charge is 0.416 e. The molecule has 0 fully saturated rings. The number of Topliss-reactive ketones (excluding diaryl/α,β-unsaturated/α-hetero) is 1. The van der Waals surface area contributed by atoms with E-state index in [1.54, 1.807) is 0 Å². The summed E-state index contributed by atoms with van der Waals surface area (Å²) < 4.78 is 39.1. The number of anilines is 1. The number of aliphatic imine (C=N–C) groups is 1. The molecule has 206 valence electrons. The molecule has 8 heteroatoms. The molecule has 1 heterocycles. The van der Waals surface area contributed by atoms with Crippen LogP contribution in [0.25, 0.3) is 16.8 Å². The van der Waals surface area contributed by atoms with Gasteiger partial charge in [0.25, 0.3) is 0 Å². The Balaban J connectivity index is 1.95. The summed E-state index contributed by atoms with van der Waals surface area (Å²) in [5, 5.41) is 10.7. The number of ketones is 1. The summed E-state index contributed by atoms with van der Waals surface area (Å²) >= 11 is 0. The van der Waals surface area contributed by atoms with Crippen LogP contribution in [0.4, 0.5) is 19.0 Å². The van der Waals surface area contributed by atoms with Crippen LogP contribution in [0.3, 0.4) is 0 Å². The second-order valence-corrected chi connectivity index (χ2v) is 10.3. The van der Waals surface area contributed by atoms with Crippen LogP contribution in [0.15, 0.2) is 77.8 Å². The highest BCUT2D eigenvalue weighted by Gasteiger charge is 2.31. The number of carbonyl (C=O) groups is 1. The van der Waals surface area contributed by atoms with Crippen molar-refractivity contribution in [1.82, 2.24) is 10.2 Å². The van der Waals surface area contributed by atoms with E-state index in [0.717, 1.165) is 34.5 Å². The SMILES string of the molecule is CC=C/C=C(\C)c1ccccc1-c1cc(NC(=NC(C)(C)C)C(CC)C(=O)c2ccc(C(F)(F)F)cc2)n[nH]1. The monoisotopic (exact) mass is 536 g/mol. The van der Waals surface area contributed by atoms with E-state index in [1.807, 2.05) is 90.1 Å². The van der Waals surface area contributed by atoms with Gasteiger partial charge in [-0.2, -0.15) is 18.3 Å². The molecule has 0 amide bonds. The number of aromatic nitrogens is 2. The average Bonchev–Trinajstić information content (AvgIpc) is 3.34. The Bertz CT molecular complexity index is 1370. The first-order chi connectivity index (χ1) is 18.3. The van der Waals surface area contributed by atoms with Gasteiger partial charge < -0.3 is 5.32 Å². The van der Waals surface area contributed by atoms with Gasteiger partial charge in [-0.05, 0) is 64.3 Å². The van der Waals surface area contributed by atoms with Crippen LogP contribution in [0.1, 0.15) is 69.4 Å². The van der Waals surface area contributed by atoms with Crippen molar-refractivity contribution in [2.24, 2.45) is 10.9 Å². The van der Waals surface area contributed by atoms with Crippen molar-refractivity contribution in [3.8, 4) is 11.3 Å². The van der Waals surface area contributed by atoms with E-state index >= 15 is 0 Å². The van der Waals surface area contributed by atoms with E-state index in [9.17, 15) is 18.0 Å². The van der Waals surface area contributed by atoms with E-state index in [1.165, 1.54) is 12.1 Å². The lowest BCUT2D eigenvalue weighted by Gasteiger charge is -2.22. The van der Waals surface area contributed by atoms with Gasteiger partial charge in [0.15, 0.2) is 11.6 Å². The van der Waals surface area contributed by atoms with Gasteiger partial charge in [0.05, 0.1) is 22.7 Å². The van der Waals surface area contributed by atoms with Crippen molar-refractivity contribution in [2.45, 2.75) is 59.7 Å². The fourth-order valence-electron chi connectivity index (χ4n) is 4.13. The Hall–Kier alpha value is -3.94. The molecule has 0 aliphatic rings. The number of halogens is 3. The maximum absolute atomic E-state index is 13.4. The van der Waals surface area contributed by atoms with Crippen molar-refractivity contribution in [1.29, 1.82) is 0 Å². The van der Waals surface area contributed by atoms with Gasteiger partial charge in [0.2, 0.25) is 0 Å². The van der Waals surface area contributed by atoms with E-state index in [0.29, 0.717) is 18.1 Å². The van der Waals surface area contributed by atoms with Gasteiger partial charge in [-0.1, -0.05) is 61.5 Å². The molecule has 5 nitrogen and oxygen atoms in total. The maximum Gasteiger partial charge on any atom is 0.416 e. The fraction of sp³-hybridized carbons (Fsp3) is 0.323. The lowest BCUT2D eigenvalue weighted by atomic mass is 9.92. The highest BCUT2D eigenvalue weighted by molar-refractivity contribution is 6.15. The summed E-state index contributed by atoms with van der Waals surface area (Å²) in [6.45, 7) is 11.6. The number of H-pyrrole nitrogens is 1. The summed E-state index contributed by atoms with van der Waals surface area (Å²) in [5.41, 5.74) is 2.79. The summed E-state index contributed by atoms with van der Waals surface area (Å²) in [4.78, 5) is 18.2. The number of aromatic amines is 1. The fourth-order valence-corrected chi connectivity index (χ4v) is 4.13. The Morgan fingerprint density at radius 1 is 1.10 bits per heavy atom. The Morgan fingerprint density at radius 2 is 1.77 bits per heavy atom. The number of amidine groups is 1. The number of rotatable bonds is 8. The van der Waals surface area contributed by atoms with Crippen LogP contribution in [0.5, 0.6) is 0 Å². The summed E-state index contributed by atoms with van der Waals surface area (Å²) in [6.07, 6.45) is 1.93. The van der Waals surface area contributed by atoms with Crippen LogP contribution < -0.4 is 5.32 Å². The highest BCUT2D eigenvalue weighted by Crippen LogP contribution is 2.31. The molecular weight excluding hydrogens is 501 g/mol. The average molecular weight is 537 g/mol. The molecule has 0 saturated carbocycles. The van der Waals surface area contributed by atoms with Crippen LogP contribution >= 0.6 is 0 Å². The molecule has 0 radical (unpaired) electrons. The molecule has 39 heavy (non-hydrogen) atoms. The molecule has 1 unspecified atom stereocenters. The topological polar surface area (TPSA) is 70.1 Å². The molecule has 3 aromatic rings. The molecular formula is C31H35F3N4O. The number of hydrogen-bond donors (Lipinski definition) is 2. The quantitative estimate of drug-likeness (QED) is 0.131. The number of hydrogen-bond acceptors (Lipinski definition) is 3. The third kappa shape index (κ3) is 7.78. The first-order valence-electron chi connectivity index (χ1n) is 12.9. The standard InChI is InChI=1S/C31H35F3N4O/c1-7-9-12-20(3)24-13-10-11-14-25(24)26-19-27(38-37-26)35-29(36-30(4,5)6)23(8-2)28(39)21-15-17-22(18-16-21)31(32,33)34/h7,9-19,23H,8H2,1-6H3,(H2,35,36,37,38)/b9-7?,20-12+. The number of allylic oxidation sites excluding steroid dienone is 4. The second kappa shape index (κ2) is 12.3. The number of nitrogens with zero attached hydrogens (tertiary/aromatic N) is 2. The number of alkyl halides is 3. The van der Waals surface area contributed by atoms with Crippen molar-refractivity contribution in [3.05, 3.63) is 89.5 Å². The predicted octanol–water partition coefficient (Wildman–Crippen LogP) is 8.59. The lowest BCUT2D eigenvalue weighted by molar-refractivity contribution is -0.137. The molecule has 0 aliphatic carbocycles. The third-order valence-electron chi connectivity index (χ3n) is 6.02. The zero-order valence-corrected chi connectivity index (χ0v) is 23.1. The molecule has 0 aliphatic heterocycles. The van der Waals surface area contributed by atoms with Gasteiger partial charge in [0, 0.05) is 17.2 Å². The minimum absolute atomic E-state index is 0.193. The first-order valence-corrected chi connectivity index (χ1v) is 12.9. The van der Waals surface area contributed by atoms with E-state index in [-0.39, 0.29) is 11.3 Å². The normalized spacial score (nSPS) is 14.1. The number of nitrogens with one attached hydrogen (secondary N) is 2. The molecule has 0 spiro atoms. The van der Waals surface area contributed by atoms with E-state index in [4.69, 9.17) is 4.99 Å². The minimum atomic E-state index is -4.47. The lowest BCUT2D eigenvalue weighted by Crippen LogP contribution is -2.32. The van der Waals surface area contributed by atoms with Gasteiger partial charge >= 0.3 is 6.18 Å². The summed E-state index contributed by atoms with van der Waals surface area (Å²) in [6, 6.07) is 14.1. The predicted molar refractivity (Wildman–Crippen MR) is 153 cm³/mol. The van der Waals surface area contributed by atoms with Gasteiger partial charge in [-0.15, -0.1) is 0 Å². The molecule has 1 aromatic heterocycles. The summed E-state index contributed by atoms with van der Waals surface area (Å²) in [5.74, 6) is -0.117. The van der Waals surface area contributed by atoms with Gasteiger partial charge in [-0.25, -0.2) is 0 Å². The zero-order chi connectivity index (χ0) is 28.8. The first kappa shape index (κ1) is 29.6. The van der Waals surface area contributed by atoms with Crippen molar-refractivity contribution in [2.75, 3.05) is 5.32 Å². The van der Waals surface area contributed by atoms with E-state index in [2.05, 4.69) is 15.5 Å².